The third-order valence-electron chi connectivity index (χ3n) is 4.73. The Kier molecular flexibility index (Phi) is 5.40. The maximum atomic E-state index is 12.4. The molecule has 0 aliphatic carbocycles. The van der Waals surface area contributed by atoms with E-state index in [-0.39, 0.29) is 11.9 Å². The molecule has 1 fully saturated rings. The number of rotatable bonds is 5. The molecule has 1 amide bonds. The second-order valence-corrected chi connectivity index (χ2v) is 8.00. The van der Waals surface area contributed by atoms with Gasteiger partial charge >= 0.3 is 0 Å². The number of aryl methyl sites for hydroxylation is 2. The Balaban J connectivity index is 1.53. The molecule has 1 aliphatic heterocycles. The van der Waals surface area contributed by atoms with Gasteiger partial charge in [-0.05, 0) is 45.4 Å². The maximum absolute atomic E-state index is 12.4. The van der Waals surface area contributed by atoms with Crippen LogP contribution in [0.1, 0.15) is 51.5 Å². The van der Waals surface area contributed by atoms with Gasteiger partial charge in [0.15, 0.2) is 0 Å². The second kappa shape index (κ2) is 8.12. The largest absolute Gasteiger partial charge is 0.306 e. The average molecular weight is 395 g/mol. The highest BCUT2D eigenvalue weighted by Gasteiger charge is 2.29. The minimum absolute atomic E-state index is 0.135. The molecule has 1 atom stereocenters. The summed E-state index contributed by atoms with van der Waals surface area (Å²) in [6.07, 6.45) is 5.28. The van der Waals surface area contributed by atoms with Crippen LogP contribution in [0.5, 0.6) is 0 Å². The third kappa shape index (κ3) is 4.23. The van der Waals surface area contributed by atoms with Gasteiger partial charge in [-0.15, -0.1) is 11.3 Å². The molecular formula is C20H22N6OS. The van der Waals surface area contributed by atoms with Crippen molar-refractivity contribution in [3.8, 4) is 0 Å². The highest BCUT2D eigenvalue weighted by molar-refractivity contribution is 7.09. The van der Waals surface area contributed by atoms with Crippen LogP contribution in [-0.4, -0.2) is 37.3 Å². The summed E-state index contributed by atoms with van der Waals surface area (Å²) in [5, 5.41) is 6.07. The zero-order valence-corrected chi connectivity index (χ0v) is 16.7. The average Bonchev–Trinajstić information content (AvgIpc) is 3.31. The van der Waals surface area contributed by atoms with Crippen molar-refractivity contribution in [3.05, 3.63) is 63.8 Å². The second-order valence-electron chi connectivity index (χ2n) is 6.93. The Bertz CT molecular complexity index is 974. The van der Waals surface area contributed by atoms with Crippen molar-refractivity contribution in [2.75, 3.05) is 11.9 Å². The summed E-state index contributed by atoms with van der Waals surface area (Å²) in [6, 6.07) is 5.39. The molecule has 1 N–H and O–H groups in total. The molecule has 8 heteroatoms. The Morgan fingerprint density at radius 2 is 2.21 bits per heavy atom. The van der Waals surface area contributed by atoms with E-state index < -0.39 is 0 Å². The number of nitrogens with zero attached hydrogens (tertiary/aromatic N) is 5. The van der Waals surface area contributed by atoms with Crippen LogP contribution in [0, 0.1) is 13.8 Å². The number of pyridine rings is 1. The van der Waals surface area contributed by atoms with Crippen LogP contribution in [0.2, 0.25) is 0 Å². The predicted molar refractivity (Wildman–Crippen MR) is 108 cm³/mol. The number of amides is 1. The monoisotopic (exact) mass is 394 g/mol. The molecule has 1 saturated heterocycles. The Morgan fingerprint density at radius 1 is 1.32 bits per heavy atom. The quantitative estimate of drug-likeness (QED) is 0.713. The van der Waals surface area contributed by atoms with E-state index >= 15 is 0 Å². The number of aromatic nitrogens is 4. The van der Waals surface area contributed by atoms with E-state index in [0.717, 1.165) is 48.2 Å². The number of anilines is 1. The summed E-state index contributed by atoms with van der Waals surface area (Å²) in [4.78, 5) is 32.7. The summed E-state index contributed by atoms with van der Waals surface area (Å²) < 4.78 is 0. The minimum Gasteiger partial charge on any atom is -0.306 e. The van der Waals surface area contributed by atoms with Crippen molar-refractivity contribution in [3.63, 3.8) is 0 Å². The summed E-state index contributed by atoms with van der Waals surface area (Å²) in [5.74, 6) is 1.05. The molecule has 28 heavy (non-hydrogen) atoms. The Hall–Kier alpha value is -2.71. The molecule has 3 aromatic rings. The first kappa shape index (κ1) is 18.6. The number of hydrogen-bond donors (Lipinski definition) is 1. The van der Waals surface area contributed by atoms with Crippen LogP contribution in [-0.2, 0) is 6.54 Å². The molecule has 0 spiro atoms. The van der Waals surface area contributed by atoms with Gasteiger partial charge in [-0.1, -0.05) is 0 Å². The molecule has 0 aromatic carbocycles. The highest BCUT2D eigenvalue weighted by Crippen LogP contribution is 2.32. The summed E-state index contributed by atoms with van der Waals surface area (Å²) in [5.41, 5.74) is 2.43. The predicted octanol–water partition coefficient (Wildman–Crippen LogP) is 3.53. The lowest BCUT2D eigenvalue weighted by Crippen LogP contribution is -2.25. The van der Waals surface area contributed by atoms with Crippen LogP contribution in [0.4, 0.5) is 5.82 Å². The topological polar surface area (TPSA) is 83.9 Å². The van der Waals surface area contributed by atoms with Gasteiger partial charge in [-0.3, -0.25) is 14.7 Å². The fraction of sp³-hybridized carbons (Fsp3) is 0.350. The van der Waals surface area contributed by atoms with Crippen LogP contribution < -0.4 is 5.32 Å². The third-order valence-corrected chi connectivity index (χ3v) is 5.55. The summed E-state index contributed by atoms with van der Waals surface area (Å²) in [7, 11) is 0. The fourth-order valence-corrected chi connectivity index (χ4v) is 4.09. The first-order chi connectivity index (χ1) is 13.6. The van der Waals surface area contributed by atoms with E-state index in [4.69, 9.17) is 0 Å². The SMILES string of the molecule is Cc1cc(NC(=O)c2cccnc2)nc(C2CCCN2Cc2csc(C)n2)n1. The van der Waals surface area contributed by atoms with Gasteiger partial charge in [0.05, 0.1) is 22.3 Å². The molecule has 3 aromatic heterocycles. The molecule has 0 bridgehead atoms. The normalized spacial score (nSPS) is 17.0. The van der Waals surface area contributed by atoms with E-state index in [2.05, 4.69) is 35.5 Å². The van der Waals surface area contributed by atoms with Gasteiger partial charge in [-0.25, -0.2) is 15.0 Å². The lowest BCUT2D eigenvalue weighted by molar-refractivity contribution is 0.102. The van der Waals surface area contributed by atoms with Crippen LogP contribution in [0.25, 0.3) is 0 Å². The van der Waals surface area contributed by atoms with Gasteiger partial charge < -0.3 is 5.32 Å². The minimum atomic E-state index is -0.224. The molecular weight excluding hydrogens is 372 g/mol. The van der Waals surface area contributed by atoms with E-state index in [1.807, 2.05) is 13.8 Å². The van der Waals surface area contributed by atoms with Crippen LogP contribution in [0.3, 0.4) is 0 Å². The number of hydrogen-bond acceptors (Lipinski definition) is 7. The Morgan fingerprint density at radius 3 is 2.96 bits per heavy atom. The van der Waals surface area contributed by atoms with Crippen LogP contribution in [0.15, 0.2) is 36.0 Å². The van der Waals surface area contributed by atoms with E-state index in [1.54, 1.807) is 41.9 Å². The standard InChI is InChI=1S/C20H22N6OS/c1-13-9-18(25-20(27)15-5-3-7-21-10-15)24-19(22-13)17-6-4-8-26(17)11-16-12-28-14(2)23-16/h3,5,7,9-10,12,17H,4,6,8,11H2,1-2H3,(H,22,24,25,27). The van der Waals surface area contributed by atoms with E-state index in [9.17, 15) is 4.79 Å². The van der Waals surface area contributed by atoms with Crippen molar-refractivity contribution in [1.82, 2.24) is 24.8 Å². The van der Waals surface area contributed by atoms with Crippen molar-refractivity contribution in [2.24, 2.45) is 0 Å². The molecule has 0 radical (unpaired) electrons. The molecule has 0 saturated carbocycles. The van der Waals surface area contributed by atoms with Crippen molar-refractivity contribution in [1.29, 1.82) is 0 Å². The smallest absolute Gasteiger partial charge is 0.258 e. The molecule has 1 unspecified atom stereocenters. The van der Waals surface area contributed by atoms with Crippen LogP contribution >= 0.6 is 11.3 Å². The first-order valence-electron chi connectivity index (χ1n) is 9.30. The molecule has 4 heterocycles. The van der Waals surface area contributed by atoms with Gasteiger partial charge in [0.2, 0.25) is 0 Å². The number of carbonyl (C=O) groups excluding carboxylic acids is 1. The summed E-state index contributed by atoms with van der Waals surface area (Å²) >= 11 is 1.67. The first-order valence-corrected chi connectivity index (χ1v) is 10.2. The lowest BCUT2D eigenvalue weighted by atomic mass is 10.2. The number of thiazole rings is 1. The molecule has 7 nitrogen and oxygen atoms in total. The summed E-state index contributed by atoms with van der Waals surface area (Å²) in [6.45, 7) is 5.74. The zero-order valence-electron chi connectivity index (χ0n) is 15.9. The molecule has 144 valence electrons. The number of carbonyl (C=O) groups is 1. The van der Waals surface area contributed by atoms with Gasteiger partial charge in [0.1, 0.15) is 11.6 Å². The highest BCUT2D eigenvalue weighted by atomic mass is 32.1. The van der Waals surface area contributed by atoms with E-state index in [0.29, 0.717) is 11.4 Å². The van der Waals surface area contributed by atoms with Crippen molar-refractivity contribution in [2.45, 2.75) is 39.3 Å². The van der Waals surface area contributed by atoms with Gasteiger partial charge in [0, 0.05) is 36.1 Å². The fourth-order valence-electron chi connectivity index (χ4n) is 3.49. The maximum Gasteiger partial charge on any atom is 0.258 e. The van der Waals surface area contributed by atoms with Crippen molar-refractivity contribution >= 4 is 23.1 Å². The number of nitrogens with one attached hydrogen (secondary N) is 1. The number of likely N-dealkylation sites (tertiary alicyclic amines) is 1. The van der Waals surface area contributed by atoms with Gasteiger partial charge in [0.25, 0.3) is 5.91 Å². The van der Waals surface area contributed by atoms with Crippen molar-refractivity contribution < 1.29 is 4.79 Å². The lowest BCUT2D eigenvalue weighted by Gasteiger charge is -2.23. The van der Waals surface area contributed by atoms with Gasteiger partial charge in [-0.2, -0.15) is 0 Å². The van der Waals surface area contributed by atoms with E-state index in [1.165, 1.54) is 0 Å². The molecule has 1 aliphatic rings. The zero-order chi connectivity index (χ0) is 19.5. The Labute approximate surface area is 167 Å². The molecule has 4 rings (SSSR count).